The predicted molar refractivity (Wildman–Crippen MR) is 67.0 cm³/mol. The monoisotopic (exact) mass is 238 g/mol. The number of aryl methyl sites for hydroxylation is 2. The van der Waals surface area contributed by atoms with E-state index in [0.29, 0.717) is 0 Å². The van der Waals surface area contributed by atoms with Crippen molar-refractivity contribution in [1.29, 1.82) is 0 Å². The molecule has 4 nitrogen and oxygen atoms in total. The van der Waals surface area contributed by atoms with Crippen LogP contribution in [0.15, 0.2) is 6.07 Å². The molecule has 0 fully saturated rings. The van der Waals surface area contributed by atoms with Crippen molar-refractivity contribution >= 4 is 5.91 Å². The van der Waals surface area contributed by atoms with Gasteiger partial charge in [0.05, 0.1) is 17.7 Å². The van der Waals surface area contributed by atoms with Gasteiger partial charge in [0.2, 0.25) is 0 Å². The van der Waals surface area contributed by atoms with Gasteiger partial charge in [-0.2, -0.15) is 5.10 Å². The zero-order chi connectivity index (χ0) is 13.4. The third-order valence-corrected chi connectivity index (χ3v) is 2.97. The highest BCUT2D eigenvalue weighted by Crippen LogP contribution is 2.26. The van der Waals surface area contributed by atoms with Crippen molar-refractivity contribution in [1.82, 2.24) is 9.78 Å². The van der Waals surface area contributed by atoms with Crippen molar-refractivity contribution in [2.45, 2.75) is 47.6 Å². The van der Waals surface area contributed by atoms with E-state index < -0.39 is 12.0 Å². The van der Waals surface area contributed by atoms with E-state index in [-0.39, 0.29) is 11.3 Å². The minimum absolute atomic E-state index is 0.155. The number of hydrogen-bond donors (Lipinski definition) is 1. The zero-order valence-electron chi connectivity index (χ0n) is 11.5. The molecule has 96 valence electrons. The van der Waals surface area contributed by atoms with Crippen LogP contribution in [0.1, 0.15) is 43.9 Å². The van der Waals surface area contributed by atoms with Gasteiger partial charge in [-0.25, -0.2) is 4.68 Å². The number of aliphatic hydroxyl groups is 1. The standard InChI is InChI=1S/C13H22N2O2/c1-8-7-9(2)15(14-8)12(17)10(3)11(16)13(4,5)6/h7,10-11,16H,1-6H3/t10-,11+/m0/s1. The number of hydrogen-bond acceptors (Lipinski definition) is 3. The summed E-state index contributed by atoms with van der Waals surface area (Å²) >= 11 is 0. The predicted octanol–water partition coefficient (Wildman–Crippen LogP) is 2.18. The van der Waals surface area contributed by atoms with Crippen molar-refractivity contribution in [3.63, 3.8) is 0 Å². The fraction of sp³-hybridized carbons (Fsp3) is 0.692. The Bertz CT molecular complexity index is 416. The van der Waals surface area contributed by atoms with Crippen molar-refractivity contribution in [2.75, 3.05) is 0 Å². The van der Waals surface area contributed by atoms with Gasteiger partial charge in [-0.3, -0.25) is 4.79 Å². The molecule has 0 aliphatic rings. The first-order chi connectivity index (χ1) is 7.64. The summed E-state index contributed by atoms with van der Waals surface area (Å²) in [4.78, 5) is 12.2. The Hall–Kier alpha value is -1.16. The molecule has 1 rings (SSSR count). The zero-order valence-corrected chi connectivity index (χ0v) is 11.5. The van der Waals surface area contributed by atoms with Gasteiger partial charge < -0.3 is 5.11 Å². The average molecular weight is 238 g/mol. The van der Waals surface area contributed by atoms with E-state index in [4.69, 9.17) is 0 Å². The maximum atomic E-state index is 12.2. The van der Waals surface area contributed by atoms with Gasteiger partial charge in [0.15, 0.2) is 0 Å². The summed E-state index contributed by atoms with van der Waals surface area (Å²) in [7, 11) is 0. The molecule has 1 aromatic rings. The Balaban J connectivity index is 2.95. The van der Waals surface area contributed by atoms with E-state index in [1.54, 1.807) is 6.92 Å². The lowest BCUT2D eigenvalue weighted by molar-refractivity contribution is 0.0142. The van der Waals surface area contributed by atoms with Crippen molar-refractivity contribution < 1.29 is 9.90 Å². The Labute approximate surface area is 103 Å². The van der Waals surface area contributed by atoms with Crippen LogP contribution in [0.5, 0.6) is 0 Å². The molecule has 0 spiro atoms. The van der Waals surface area contributed by atoms with Gasteiger partial charge in [-0.05, 0) is 25.3 Å². The van der Waals surface area contributed by atoms with Crippen LogP contribution in [0.3, 0.4) is 0 Å². The van der Waals surface area contributed by atoms with Gasteiger partial charge >= 0.3 is 0 Å². The Morgan fingerprint density at radius 1 is 1.41 bits per heavy atom. The summed E-state index contributed by atoms with van der Waals surface area (Å²) in [6.07, 6.45) is -0.682. The summed E-state index contributed by atoms with van der Waals surface area (Å²) in [5, 5.41) is 14.3. The maximum absolute atomic E-state index is 12.2. The lowest BCUT2D eigenvalue weighted by Crippen LogP contribution is -2.39. The second kappa shape index (κ2) is 4.61. The smallest absolute Gasteiger partial charge is 0.252 e. The van der Waals surface area contributed by atoms with Gasteiger partial charge in [-0.15, -0.1) is 0 Å². The van der Waals surface area contributed by atoms with E-state index in [1.165, 1.54) is 4.68 Å². The molecular weight excluding hydrogens is 216 g/mol. The van der Waals surface area contributed by atoms with Crippen LogP contribution in [0.25, 0.3) is 0 Å². The molecule has 0 unspecified atom stereocenters. The van der Waals surface area contributed by atoms with Gasteiger partial charge in [-0.1, -0.05) is 27.7 Å². The molecule has 1 N–H and O–H groups in total. The van der Waals surface area contributed by atoms with Gasteiger partial charge in [0.1, 0.15) is 0 Å². The van der Waals surface area contributed by atoms with Crippen LogP contribution in [0.2, 0.25) is 0 Å². The molecule has 17 heavy (non-hydrogen) atoms. The maximum Gasteiger partial charge on any atom is 0.252 e. The van der Waals surface area contributed by atoms with E-state index >= 15 is 0 Å². The minimum atomic E-state index is -0.682. The first-order valence-corrected chi connectivity index (χ1v) is 5.90. The molecule has 0 aromatic carbocycles. The highest BCUT2D eigenvalue weighted by atomic mass is 16.3. The molecular formula is C13H22N2O2. The molecule has 0 radical (unpaired) electrons. The van der Waals surface area contributed by atoms with Crippen LogP contribution in [-0.4, -0.2) is 26.9 Å². The molecule has 0 aliphatic carbocycles. The number of carbonyl (C=O) groups excluding carboxylic acids is 1. The molecule has 0 amide bonds. The minimum Gasteiger partial charge on any atom is -0.392 e. The summed E-state index contributed by atoms with van der Waals surface area (Å²) in [6.45, 7) is 11.2. The van der Waals surface area contributed by atoms with Crippen molar-refractivity contribution in [2.24, 2.45) is 11.3 Å². The number of nitrogens with zero attached hydrogens (tertiary/aromatic N) is 2. The molecule has 0 bridgehead atoms. The fourth-order valence-electron chi connectivity index (χ4n) is 1.93. The molecule has 1 aromatic heterocycles. The number of aromatic nitrogens is 2. The summed E-state index contributed by atoms with van der Waals surface area (Å²) in [5.41, 5.74) is 1.30. The lowest BCUT2D eigenvalue weighted by atomic mass is 9.81. The van der Waals surface area contributed by atoms with Crippen LogP contribution >= 0.6 is 0 Å². The quantitative estimate of drug-likeness (QED) is 0.859. The average Bonchev–Trinajstić information content (AvgIpc) is 2.53. The first-order valence-electron chi connectivity index (χ1n) is 5.90. The summed E-state index contributed by atoms with van der Waals surface area (Å²) < 4.78 is 1.38. The van der Waals surface area contributed by atoms with Gasteiger partial charge in [0.25, 0.3) is 5.91 Å². The summed E-state index contributed by atoms with van der Waals surface area (Å²) in [5.74, 6) is -0.619. The van der Waals surface area contributed by atoms with E-state index in [0.717, 1.165) is 11.4 Å². The largest absolute Gasteiger partial charge is 0.392 e. The first kappa shape index (κ1) is 13.9. The normalized spacial score (nSPS) is 15.7. The number of aliphatic hydroxyl groups excluding tert-OH is 1. The Morgan fingerprint density at radius 3 is 2.29 bits per heavy atom. The van der Waals surface area contributed by atoms with Crippen LogP contribution in [-0.2, 0) is 0 Å². The van der Waals surface area contributed by atoms with E-state index in [2.05, 4.69) is 5.10 Å². The van der Waals surface area contributed by atoms with Crippen molar-refractivity contribution in [3.05, 3.63) is 17.5 Å². The molecule has 0 saturated carbocycles. The van der Waals surface area contributed by atoms with Crippen LogP contribution in [0.4, 0.5) is 0 Å². The summed E-state index contributed by atoms with van der Waals surface area (Å²) in [6, 6.07) is 1.86. The van der Waals surface area contributed by atoms with Gasteiger partial charge in [0, 0.05) is 5.69 Å². The van der Waals surface area contributed by atoms with Crippen LogP contribution in [0, 0.1) is 25.2 Å². The second-order valence-electron chi connectivity index (χ2n) is 5.78. The highest BCUT2D eigenvalue weighted by Gasteiger charge is 2.33. The van der Waals surface area contributed by atoms with E-state index in [1.807, 2.05) is 40.7 Å². The Morgan fingerprint density at radius 2 is 1.94 bits per heavy atom. The topological polar surface area (TPSA) is 55.1 Å². The lowest BCUT2D eigenvalue weighted by Gasteiger charge is -2.30. The SMILES string of the molecule is Cc1cc(C)n(C(=O)[C@@H](C)[C@@H](O)C(C)(C)C)n1. The number of carbonyl (C=O) groups is 1. The highest BCUT2D eigenvalue weighted by molar-refractivity contribution is 5.81. The fourth-order valence-corrected chi connectivity index (χ4v) is 1.93. The van der Waals surface area contributed by atoms with Crippen molar-refractivity contribution in [3.8, 4) is 0 Å². The molecule has 1 heterocycles. The molecule has 0 aliphatic heterocycles. The molecule has 0 saturated heterocycles. The number of rotatable bonds is 2. The second-order valence-corrected chi connectivity index (χ2v) is 5.78. The van der Waals surface area contributed by atoms with Crippen LogP contribution < -0.4 is 0 Å². The molecule has 2 atom stereocenters. The third-order valence-electron chi connectivity index (χ3n) is 2.97. The molecule has 4 heteroatoms. The Kier molecular flexibility index (Phi) is 3.77. The third kappa shape index (κ3) is 2.94. The van der Waals surface area contributed by atoms with E-state index in [9.17, 15) is 9.90 Å².